The minimum Gasteiger partial charge on any atom is -0.493 e. The molecule has 1 aromatic heterocycles. The SMILES string of the molecule is Fc1cc2cc(c1)-c1ccnc(n1)Nc1ccc(OCCN3CCCC3)c(c1)COC/C=C/CCO2. The molecule has 6 bridgehead atoms. The van der Waals surface area contributed by atoms with Crippen LogP contribution in [0.1, 0.15) is 24.8 Å². The minimum absolute atomic E-state index is 0.376. The second-order valence-corrected chi connectivity index (χ2v) is 8.91. The molecule has 0 amide bonds. The van der Waals surface area contributed by atoms with Crippen LogP contribution >= 0.6 is 0 Å². The molecule has 2 aliphatic heterocycles. The molecular weight excluding hydrogens is 459 g/mol. The third kappa shape index (κ3) is 6.59. The van der Waals surface area contributed by atoms with E-state index in [0.29, 0.717) is 55.8 Å². The second kappa shape index (κ2) is 12.0. The van der Waals surface area contributed by atoms with Crippen molar-refractivity contribution in [3.63, 3.8) is 0 Å². The number of aromatic nitrogens is 2. The lowest BCUT2D eigenvalue weighted by Crippen LogP contribution is -2.25. The summed E-state index contributed by atoms with van der Waals surface area (Å²) in [5, 5.41) is 3.26. The van der Waals surface area contributed by atoms with Gasteiger partial charge in [0.15, 0.2) is 0 Å². The van der Waals surface area contributed by atoms with Gasteiger partial charge in [-0.1, -0.05) is 12.2 Å². The van der Waals surface area contributed by atoms with Crippen molar-refractivity contribution in [2.75, 3.05) is 44.8 Å². The van der Waals surface area contributed by atoms with Gasteiger partial charge in [-0.3, -0.25) is 4.90 Å². The fraction of sp³-hybridized carbons (Fsp3) is 0.357. The van der Waals surface area contributed by atoms with Gasteiger partial charge in [-0.2, -0.15) is 0 Å². The molecule has 0 saturated carbocycles. The highest BCUT2D eigenvalue weighted by atomic mass is 19.1. The number of likely N-dealkylation sites (tertiary alicyclic amines) is 1. The molecule has 188 valence electrons. The van der Waals surface area contributed by atoms with Gasteiger partial charge in [0.1, 0.15) is 23.9 Å². The molecule has 2 aromatic carbocycles. The summed E-state index contributed by atoms with van der Waals surface area (Å²) in [6.45, 7) is 5.19. The zero-order valence-corrected chi connectivity index (χ0v) is 20.3. The van der Waals surface area contributed by atoms with Crippen LogP contribution in [0.25, 0.3) is 11.3 Å². The first-order valence-electron chi connectivity index (χ1n) is 12.5. The van der Waals surface area contributed by atoms with E-state index < -0.39 is 0 Å². The normalized spacial score (nSPS) is 17.4. The average molecular weight is 491 g/mol. The van der Waals surface area contributed by atoms with Gasteiger partial charge in [-0.25, -0.2) is 14.4 Å². The number of ether oxygens (including phenoxy) is 3. The largest absolute Gasteiger partial charge is 0.493 e. The van der Waals surface area contributed by atoms with Gasteiger partial charge < -0.3 is 19.5 Å². The Kier molecular flexibility index (Phi) is 8.05. The molecule has 36 heavy (non-hydrogen) atoms. The molecule has 8 heteroatoms. The third-order valence-corrected chi connectivity index (χ3v) is 6.19. The fourth-order valence-electron chi connectivity index (χ4n) is 4.37. The predicted octanol–water partition coefficient (Wildman–Crippen LogP) is 5.36. The van der Waals surface area contributed by atoms with E-state index in [1.807, 2.05) is 30.4 Å². The van der Waals surface area contributed by atoms with Crippen molar-refractivity contribution in [3.05, 3.63) is 72.2 Å². The maximum atomic E-state index is 14.3. The number of hydrogen-bond donors (Lipinski definition) is 1. The standard InChI is InChI=1S/C28H31FN4O3/c29-23-16-21-18-25(19-23)35-14-5-1-4-13-34-20-22-17-24(31-28-30-9-8-26(21)32-28)6-7-27(22)36-15-12-33-10-2-3-11-33/h1,4,6-9,16-19H,2-3,5,10-15,20H2,(H,30,31,32)/b4-1+. The van der Waals surface area contributed by atoms with Crippen molar-refractivity contribution < 1.29 is 18.6 Å². The van der Waals surface area contributed by atoms with Gasteiger partial charge in [0, 0.05) is 35.6 Å². The number of hydrogen-bond acceptors (Lipinski definition) is 7. The quantitative estimate of drug-likeness (QED) is 0.494. The molecule has 5 rings (SSSR count). The molecular formula is C28H31FN4O3. The number of fused-ring (bicyclic) bond motifs is 7. The molecule has 0 atom stereocenters. The number of rotatable bonds is 4. The summed E-state index contributed by atoms with van der Waals surface area (Å²) in [4.78, 5) is 11.4. The summed E-state index contributed by atoms with van der Waals surface area (Å²) in [5.41, 5.74) is 2.99. The zero-order valence-electron chi connectivity index (χ0n) is 20.3. The Hall–Kier alpha value is -3.49. The molecule has 3 aromatic rings. The number of nitrogens with one attached hydrogen (secondary N) is 1. The van der Waals surface area contributed by atoms with E-state index in [4.69, 9.17) is 14.2 Å². The number of halogens is 1. The first-order valence-corrected chi connectivity index (χ1v) is 12.5. The monoisotopic (exact) mass is 490 g/mol. The number of nitrogens with zero attached hydrogens (tertiary/aromatic N) is 3. The van der Waals surface area contributed by atoms with Gasteiger partial charge in [-0.05, 0) is 68.8 Å². The molecule has 1 fully saturated rings. The van der Waals surface area contributed by atoms with Crippen molar-refractivity contribution in [1.82, 2.24) is 14.9 Å². The van der Waals surface area contributed by atoms with E-state index in [-0.39, 0.29) is 5.82 Å². The Morgan fingerprint density at radius 1 is 1.06 bits per heavy atom. The van der Waals surface area contributed by atoms with Gasteiger partial charge in [0.05, 0.1) is 25.5 Å². The summed E-state index contributed by atoms with van der Waals surface area (Å²) >= 11 is 0. The van der Waals surface area contributed by atoms with E-state index in [9.17, 15) is 4.39 Å². The lowest BCUT2D eigenvalue weighted by molar-refractivity contribution is 0.144. The first-order chi connectivity index (χ1) is 17.7. The molecule has 7 nitrogen and oxygen atoms in total. The highest BCUT2D eigenvalue weighted by molar-refractivity contribution is 5.64. The Bertz CT molecular complexity index is 1200. The molecule has 0 radical (unpaired) electrons. The Balaban J connectivity index is 1.38. The van der Waals surface area contributed by atoms with E-state index in [0.717, 1.165) is 36.6 Å². The Labute approximate surface area is 210 Å². The fourth-order valence-corrected chi connectivity index (χ4v) is 4.37. The van der Waals surface area contributed by atoms with Crippen molar-refractivity contribution >= 4 is 11.6 Å². The van der Waals surface area contributed by atoms with E-state index in [2.05, 4.69) is 20.2 Å². The van der Waals surface area contributed by atoms with Gasteiger partial charge >= 0.3 is 0 Å². The lowest BCUT2D eigenvalue weighted by atomic mass is 10.1. The van der Waals surface area contributed by atoms with Gasteiger partial charge in [-0.15, -0.1) is 0 Å². The van der Waals surface area contributed by atoms with Gasteiger partial charge in [0.25, 0.3) is 0 Å². The van der Waals surface area contributed by atoms with E-state index in [1.54, 1.807) is 18.3 Å². The third-order valence-electron chi connectivity index (χ3n) is 6.19. The Morgan fingerprint density at radius 2 is 1.97 bits per heavy atom. The smallest absolute Gasteiger partial charge is 0.227 e. The van der Waals surface area contributed by atoms with Crippen LogP contribution in [0.5, 0.6) is 11.5 Å². The highest BCUT2D eigenvalue weighted by Crippen LogP contribution is 2.28. The van der Waals surface area contributed by atoms with Crippen LogP contribution in [0.3, 0.4) is 0 Å². The molecule has 3 heterocycles. The van der Waals surface area contributed by atoms with E-state index >= 15 is 0 Å². The molecule has 0 spiro atoms. The van der Waals surface area contributed by atoms with Crippen LogP contribution < -0.4 is 14.8 Å². The molecule has 2 aliphatic rings. The number of anilines is 2. The van der Waals surface area contributed by atoms with Crippen LogP contribution in [-0.2, 0) is 11.3 Å². The topological polar surface area (TPSA) is 68.7 Å². The summed E-state index contributed by atoms with van der Waals surface area (Å²) in [6, 6.07) is 12.3. The molecule has 1 N–H and O–H groups in total. The van der Waals surface area contributed by atoms with Crippen molar-refractivity contribution in [2.45, 2.75) is 25.9 Å². The summed E-state index contributed by atoms with van der Waals surface area (Å²) in [5.74, 6) is 1.32. The average Bonchev–Trinajstić information content (AvgIpc) is 3.40. The summed E-state index contributed by atoms with van der Waals surface area (Å²) < 4.78 is 32.1. The highest BCUT2D eigenvalue weighted by Gasteiger charge is 2.13. The van der Waals surface area contributed by atoms with Crippen molar-refractivity contribution in [2.24, 2.45) is 0 Å². The summed E-state index contributed by atoms with van der Waals surface area (Å²) in [6.07, 6.45) is 8.85. The van der Waals surface area contributed by atoms with Crippen LogP contribution in [0.2, 0.25) is 0 Å². The van der Waals surface area contributed by atoms with Crippen LogP contribution in [0.15, 0.2) is 60.8 Å². The molecule has 0 unspecified atom stereocenters. The molecule has 1 saturated heterocycles. The first kappa shape index (κ1) is 24.2. The zero-order chi connectivity index (χ0) is 24.6. The lowest BCUT2D eigenvalue weighted by Gasteiger charge is -2.17. The van der Waals surface area contributed by atoms with E-state index in [1.165, 1.54) is 25.0 Å². The van der Waals surface area contributed by atoms with Crippen LogP contribution in [0, 0.1) is 5.82 Å². The number of benzene rings is 2. The summed E-state index contributed by atoms with van der Waals surface area (Å²) in [7, 11) is 0. The van der Waals surface area contributed by atoms with Crippen LogP contribution in [-0.4, -0.2) is 54.3 Å². The second-order valence-electron chi connectivity index (χ2n) is 8.91. The Morgan fingerprint density at radius 3 is 2.89 bits per heavy atom. The predicted molar refractivity (Wildman–Crippen MR) is 137 cm³/mol. The maximum Gasteiger partial charge on any atom is 0.227 e. The molecule has 0 aliphatic carbocycles. The van der Waals surface area contributed by atoms with Crippen molar-refractivity contribution in [1.29, 1.82) is 0 Å². The van der Waals surface area contributed by atoms with Crippen LogP contribution in [0.4, 0.5) is 16.0 Å². The maximum absolute atomic E-state index is 14.3. The van der Waals surface area contributed by atoms with Crippen molar-refractivity contribution in [3.8, 4) is 22.8 Å². The van der Waals surface area contributed by atoms with Gasteiger partial charge in [0.2, 0.25) is 5.95 Å². The minimum atomic E-state index is -0.376.